The van der Waals surface area contributed by atoms with Gasteiger partial charge >= 0.3 is 0 Å². The van der Waals surface area contributed by atoms with Crippen LogP contribution in [0, 0.1) is 11.3 Å². The highest BCUT2D eigenvalue weighted by Gasteiger charge is 2.32. The van der Waals surface area contributed by atoms with Crippen LogP contribution in [0.4, 0.5) is 0 Å². The first-order valence-electron chi connectivity index (χ1n) is 9.43. The molecule has 28 heavy (non-hydrogen) atoms. The van der Waals surface area contributed by atoms with Crippen LogP contribution in [0.5, 0.6) is 5.75 Å². The molecule has 1 aliphatic heterocycles. The minimum Gasteiger partial charge on any atom is -0.497 e. The van der Waals surface area contributed by atoms with Crippen molar-refractivity contribution in [1.29, 1.82) is 0 Å². The number of nitrogens with zero attached hydrogens (tertiary/aromatic N) is 1. The minimum absolute atomic E-state index is 0.0195. The van der Waals surface area contributed by atoms with Gasteiger partial charge in [-0.3, -0.25) is 9.59 Å². The smallest absolute Gasteiger partial charge is 0.248 e. The van der Waals surface area contributed by atoms with Crippen LogP contribution >= 0.6 is 0 Å². The molecule has 1 atom stereocenters. The Morgan fingerprint density at radius 3 is 2.54 bits per heavy atom. The van der Waals surface area contributed by atoms with Gasteiger partial charge in [0.1, 0.15) is 5.75 Å². The molecule has 1 N–H and O–H groups in total. The monoisotopic (exact) mass is 378 g/mol. The second kappa shape index (κ2) is 7.97. The van der Waals surface area contributed by atoms with E-state index in [0.29, 0.717) is 18.6 Å². The fourth-order valence-corrected chi connectivity index (χ4v) is 3.39. The number of rotatable bonds is 4. The molecule has 0 bridgehead atoms. The summed E-state index contributed by atoms with van der Waals surface area (Å²) in [5, 5.41) is 2.88. The van der Waals surface area contributed by atoms with Gasteiger partial charge in [-0.1, -0.05) is 39.0 Å². The maximum atomic E-state index is 12.3. The molecule has 3 rings (SSSR count). The van der Waals surface area contributed by atoms with Gasteiger partial charge in [-0.05, 0) is 47.3 Å². The molecular formula is C23H26N2O3. The summed E-state index contributed by atoms with van der Waals surface area (Å²) in [4.78, 5) is 28.5. The standard InChI is InChI=1S/C23H26N2O3/c1-23(2,3)19-14-22(27)25-20-13-16(8-11-18(19)20)24-21(26)12-7-15-5-9-17(28-4)10-6-15/h5-6,8-11,13-14,18H,7,12H2,1-4H3,(H,25,27). The van der Waals surface area contributed by atoms with Crippen molar-refractivity contribution in [2.24, 2.45) is 16.3 Å². The molecule has 0 saturated carbocycles. The van der Waals surface area contributed by atoms with E-state index < -0.39 is 0 Å². The molecule has 2 amide bonds. The number of allylic oxidation sites excluding steroid dienone is 3. The van der Waals surface area contributed by atoms with Gasteiger partial charge in [0, 0.05) is 24.1 Å². The van der Waals surface area contributed by atoms with Crippen LogP contribution in [0.3, 0.4) is 0 Å². The largest absolute Gasteiger partial charge is 0.497 e. The van der Waals surface area contributed by atoms with E-state index in [2.05, 4.69) is 31.1 Å². The van der Waals surface area contributed by atoms with Gasteiger partial charge in [-0.2, -0.15) is 0 Å². The lowest BCUT2D eigenvalue weighted by atomic mass is 9.74. The van der Waals surface area contributed by atoms with E-state index in [1.807, 2.05) is 36.4 Å². The summed E-state index contributed by atoms with van der Waals surface area (Å²) in [7, 11) is 1.63. The first-order valence-corrected chi connectivity index (χ1v) is 9.43. The van der Waals surface area contributed by atoms with Crippen molar-refractivity contribution in [2.45, 2.75) is 33.6 Å². The summed E-state index contributed by atoms with van der Waals surface area (Å²) in [5.74, 6) is 0.500. The van der Waals surface area contributed by atoms with Crippen LogP contribution in [0.15, 0.2) is 64.8 Å². The van der Waals surface area contributed by atoms with E-state index in [9.17, 15) is 9.59 Å². The summed E-state index contributed by atoms with van der Waals surface area (Å²) in [6.45, 7) is 6.28. The van der Waals surface area contributed by atoms with Crippen LogP contribution < -0.4 is 10.1 Å². The van der Waals surface area contributed by atoms with E-state index in [4.69, 9.17) is 4.74 Å². The molecule has 0 radical (unpaired) electrons. The number of benzene rings is 1. The van der Waals surface area contributed by atoms with Crippen LogP contribution in [-0.4, -0.2) is 24.6 Å². The zero-order valence-electron chi connectivity index (χ0n) is 16.8. The number of fused-ring (bicyclic) bond motifs is 1. The number of aryl methyl sites for hydroxylation is 1. The summed E-state index contributed by atoms with van der Waals surface area (Å²) < 4.78 is 5.14. The molecule has 5 heteroatoms. The Bertz CT molecular complexity index is 897. The van der Waals surface area contributed by atoms with Gasteiger partial charge in [0.2, 0.25) is 11.8 Å². The van der Waals surface area contributed by atoms with E-state index >= 15 is 0 Å². The molecule has 0 fully saturated rings. The predicted octanol–water partition coefficient (Wildman–Crippen LogP) is 3.77. The quantitative estimate of drug-likeness (QED) is 0.867. The zero-order chi connectivity index (χ0) is 20.3. The van der Waals surface area contributed by atoms with E-state index in [-0.39, 0.29) is 23.1 Å². The lowest BCUT2D eigenvalue weighted by molar-refractivity contribution is -0.118. The SMILES string of the molecule is COc1ccc(CCC(=O)N=C2C=CC3C(=C2)NC(=O)C=C3C(C)(C)C)cc1. The average Bonchev–Trinajstić information content (AvgIpc) is 2.65. The summed E-state index contributed by atoms with van der Waals surface area (Å²) in [6, 6.07) is 7.66. The number of hydrogen-bond donors (Lipinski definition) is 1. The first kappa shape index (κ1) is 19.8. The third-order valence-electron chi connectivity index (χ3n) is 4.89. The molecule has 1 aliphatic carbocycles. The van der Waals surface area contributed by atoms with Gasteiger partial charge in [-0.25, -0.2) is 4.99 Å². The normalized spacial score (nSPS) is 20.2. The molecule has 5 nitrogen and oxygen atoms in total. The fraction of sp³-hybridized carbons (Fsp3) is 0.348. The third kappa shape index (κ3) is 4.66. The number of hydrogen-bond acceptors (Lipinski definition) is 3. The summed E-state index contributed by atoms with van der Waals surface area (Å²) in [5.41, 5.74) is 3.35. The number of aliphatic imine (C=N–C) groups is 1. The second-order valence-corrected chi connectivity index (χ2v) is 8.05. The topological polar surface area (TPSA) is 67.8 Å². The molecule has 2 aliphatic rings. The van der Waals surface area contributed by atoms with Crippen LogP contribution in [0.2, 0.25) is 0 Å². The van der Waals surface area contributed by atoms with Crippen molar-refractivity contribution in [2.75, 3.05) is 7.11 Å². The van der Waals surface area contributed by atoms with E-state index in [1.165, 1.54) is 0 Å². The van der Waals surface area contributed by atoms with E-state index in [0.717, 1.165) is 22.6 Å². The van der Waals surface area contributed by atoms with Gasteiger partial charge < -0.3 is 10.1 Å². The van der Waals surface area contributed by atoms with Crippen molar-refractivity contribution in [3.63, 3.8) is 0 Å². The Morgan fingerprint density at radius 1 is 1.18 bits per heavy atom. The molecule has 1 unspecified atom stereocenters. The lowest BCUT2D eigenvalue weighted by Crippen LogP contribution is -2.36. The Balaban J connectivity index is 1.68. The van der Waals surface area contributed by atoms with Gasteiger partial charge in [0.25, 0.3) is 0 Å². The molecule has 1 aromatic carbocycles. The number of nitrogens with one attached hydrogen (secondary N) is 1. The summed E-state index contributed by atoms with van der Waals surface area (Å²) in [6.07, 6.45) is 8.28. The molecule has 0 saturated heterocycles. The molecule has 0 spiro atoms. The maximum absolute atomic E-state index is 12.3. The molecule has 1 heterocycles. The fourth-order valence-electron chi connectivity index (χ4n) is 3.39. The van der Waals surface area contributed by atoms with Crippen molar-refractivity contribution in [3.05, 3.63) is 65.4 Å². The number of carbonyl (C=O) groups is 2. The van der Waals surface area contributed by atoms with Crippen molar-refractivity contribution in [1.82, 2.24) is 5.32 Å². The molecule has 146 valence electrons. The predicted molar refractivity (Wildman–Crippen MR) is 110 cm³/mol. The summed E-state index contributed by atoms with van der Waals surface area (Å²) >= 11 is 0. The maximum Gasteiger partial charge on any atom is 0.248 e. The Kier molecular flexibility index (Phi) is 5.63. The highest BCUT2D eigenvalue weighted by Crippen LogP contribution is 2.38. The van der Waals surface area contributed by atoms with Crippen LogP contribution in [-0.2, 0) is 16.0 Å². The Morgan fingerprint density at radius 2 is 1.89 bits per heavy atom. The number of methoxy groups -OCH3 is 1. The molecule has 0 aromatic heterocycles. The Labute approximate surface area is 165 Å². The number of amides is 2. The average molecular weight is 378 g/mol. The Hall–Kier alpha value is -2.95. The highest BCUT2D eigenvalue weighted by molar-refractivity contribution is 6.11. The van der Waals surface area contributed by atoms with Crippen molar-refractivity contribution < 1.29 is 14.3 Å². The zero-order valence-corrected chi connectivity index (χ0v) is 16.8. The lowest BCUT2D eigenvalue weighted by Gasteiger charge is -2.34. The van der Waals surface area contributed by atoms with Gasteiger partial charge in [0.05, 0.1) is 12.8 Å². The number of carbonyl (C=O) groups excluding carboxylic acids is 2. The molecular weight excluding hydrogens is 352 g/mol. The van der Waals surface area contributed by atoms with Crippen LogP contribution in [0.25, 0.3) is 0 Å². The number of ether oxygens (including phenoxy) is 1. The van der Waals surface area contributed by atoms with E-state index in [1.54, 1.807) is 19.3 Å². The third-order valence-corrected chi connectivity index (χ3v) is 4.89. The first-order chi connectivity index (χ1) is 13.3. The van der Waals surface area contributed by atoms with Gasteiger partial charge in [-0.15, -0.1) is 0 Å². The van der Waals surface area contributed by atoms with Gasteiger partial charge in [0.15, 0.2) is 0 Å². The molecule has 1 aromatic rings. The minimum atomic E-state index is -0.181. The highest BCUT2D eigenvalue weighted by atomic mass is 16.5. The van der Waals surface area contributed by atoms with Crippen molar-refractivity contribution >= 4 is 17.5 Å². The van der Waals surface area contributed by atoms with Crippen molar-refractivity contribution in [3.8, 4) is 5.75 Å². The second-order valence-electron chi connectivity index (χ2n) is 8.05. The van der Waals surface area contributed by atoms with Crippen LogP contribution in [0.1, 0.15) is 32.8 Å².